The van der Waals surface area contributed by atoms with E-state index in [1.54, 1.807) is 0 Å². The van der Waals surface area contributed by atoms with Gasteiger partial charge in [0.25, 0.3) is 0 Å². The van der Waals surface area contributed by atoms with Gasteiger partial charge in [-0.1, -0.05) is 22.0 Å². The summed E-state index contributed by atoms with van der Waals surface area (Å²) in [5, 5.41) is 8.78. The Kier molecular flexibility index (Phi) is 5.84. The van der Waals surface area contributed by atoms with Crippen LogP contribution < -0.4 is 10.6 Å². The lowest BCUT2D eigenvalue weighted by molar-refractivity contribution is 0.0159. The molecule has 1 aliphatic rings. The third-order valence-electron chi connectivity index (χ3n) is 3.73. The lowest BCUT2D eigenvalue weighted by Crippen LogP contribution is -2.37. The first kappa shape index (κ1) is 15.8. The van der Waals surface area contributed by atoms with E-state index in [2.05, 4.69) is 39.0 Å². The molecule has 20 heavy (non-hydrogen) atoms. The average molecular weight is 343 g/mol. The quantitative estimate of drug-likeness (QED) is 0.862. The average Bonchev–Trinajstić information content (AvgIpc) is 2.45. The van der Waals surface area contributed by atoms with Gasteiger partial charge in [-0.2, -0.15) is 0 Å². The molecule has 0 saturated carbocycles. The fourth-order valence-electron chi connectivity index (χ4n) is 2.58. The molecule has 4 nitrogen and oxygen atoms in total. The zero-order valence-electron chi connectivity index (χ0n) is 11.9. The first-order chi connectivity index (χ1) is 9.61. The fourth-order valence-corrected chi connectivity index (χ4v) is 3.31. The van der Waals surface area contributed by atoms with Crippen molar-refractivity contribution in [2.45, 2.75) is 31.9 Å². The predicted molar refractivity (Wildman–Crippen MR) is 85.0 cm³/mol. The highest BCUT2D eigenvalue weighted by Gasteiger charge is 2.20. The van der Waals surface area contributed by atoms with Crippen molar-refractivity contribution in [2.24, 2.45) is 5.73 Å². The van der Waals surface area contributed by atoms with E-state index in [0.29, 0.717) is 6.61 Å². The number of nitrogens with two attached hydrogens (primary N) is 1. The van der Waals surface area contributed by atoms with Gasteiger partial charge in [0.1, 0.15) is 0 Å². The number of piperidine rings is 1. The molecule has 0 aliphatic carbocycles. The van der Waals surface area contributed by atoms with Crippen LogP contribution in [0.2, 0.25) is 0 Å². The van der Waals surface area contributed by atoms with Crippen LogP contribution in [0.25, 0.3) is 0 Å². The molecular formula is C15H23BrN2O2. The number of aliphatic hydroxyl groups is 1. The molecule has 0 radical (unpaired) electrons. The second-order valence-electron chi connectivity index (χ2n) is 5.28. The molecule has 1 unspecified atom stereocenters. The van der Waals surface area contributed by atoms with Gasteiger partial charge in [-0.25, -0.2) is 0 Å². The summed E-state index contributed by atoms with van der Waals surface area (Å²) in [7, 11) is 0. The standard InChI is InChI=1S/C15H23BrN2O2/c1-11(17)14-3-2-12(10-15(14)16)18-6-4-13(5-7-18)20-9-8-19/h2-3,10-11,13,19H,4-9,17H2,1H3. The SMILES string of the molecule is CC(N)c1ccc(N2CCC(OCCO)CC2)cc1Br. The molecule has 1 atom stereocenters. The van der Waals surface area contributed by atoms with Crippen molar-refractivity contribution in [3.05, 3.63) is 28.2 Å². The zero-order chi connectivity index (χ0) is 14.5. The Morgan fingerprint density at radius 2 is 2.15 bits per heavy atom. The second-order valence-corrected chi connectivity index (χ2v) is 6.13. The summed E-state index contributed by atoms with van der Waals surface area (Å²) in [5.41, 5.74) is 8.29. The fraction of sp³-hybridized carbons (Fsp3) is 0.600. The molecule has 0 aromatic heterocycles. The predicted octanol–water partition coefficient (Wildman–Crippen LogP) is 2.45. The molecule has 1 aliphatic heterocycles. The van der Waals surface area contributed by atoms with Crippen LogP contribution in [0.15, 0.2) is 22.7 Å². The Morgan fingerprint density at radius 1 is 1.45 bits per heavy atom. The lowest BCUT2D eigenvalue weighted by Gasteiger charge is -2.33. The molecule has 0 bridgehead atoms. The van der Waals surface area contributed by atoms with Crippen LogP contribution in [0.5, 0.6) is 0 Å². The van der Waals surface area contributed by atoms with Crippen LogP contribution in [-0.2, 0) is 4.74 Å². The first-order valence-electron chi connectivity index (χ1n) is 7.14. The Balaban J connectivity index is 1.95. The maximum atomic E-state index is 8.78. The summed E-state index contributed by atoms with van der Waals surface area (Å²) in [5.74, 6) is 0. The second kappa shape index (κ2) is 7.41. The van der Waals surface area contributed by atoms with Crippen molar-refractivity contribution in [2.75, 3.05) is 31.2 Å². The minimum Gasteiger partial charge on any atom is -0.394 e. The molecule has 0 amide bonds. The number of halogens is 1. The van der Waals surface area contributed by atoms with E-state index in [1.165, 1.54) is 5.69 Å². The van der Waals surface area contributed by atoms with Crippen LogP contribution in [0, 0.1) is 0 Å². The number of hydrogen-bond acceptors (Lipinski definition) is 4. The molecule has 5 heteroatoms. The molecule has 1 aromatic rings. The van der Waals surface area contributed by atoms with Crippen LogP contribution in [0.1, 0.15) is 31.4 Å². The summed E-state index contributed by atoms with van der Waals surface area (Å²) in [6, 6.07) is 6.42. The molecule has 112 valence electrons. The minimum absolute atomic E-state index is 0.0380. The summed E-state index contributed by atoms with van der Waals surface area (Å²) in [6.07, 6.45) is 2.30. The monoisotopic (exact) mass is 342 g/mol. The third kappa shape index (κ3) is 3.95. The molecule has 1 aromatic carbocycles. The smallest absolute Gasteiger partial charge is 0.0701 e. The maximum absolute atomic E-state index is 8.78. The Morgan fingerprint density at radius 3 is 2.70 bits per heavy atom. The zero-order valence-corrected chi connectivity index (χ0v) is 13.5. The first-order valence-corrected chi connectivity index (χ1v) is 7.93. The number of aliphatic hydroxyl groups excluding tert-OH is 1. The summed E-state index contributed by atoms with van der Waals surface area (Å²) < 4.78 is 6.66. The number of benzene rings is 1. The van der Waals surface area contributed by atoms with Crippen molar-refractivity contribution in [3.8, 4) is 0 Å². The van der Waals surface area contributed by atoms with Crippen LogP contribution >= 0.6 is 15.9 Å². The topological polar surface area (TPSA) is 58.7 Å². The lowest BCUT2D eigenvalue weighted by atomic mass is 10.1. The van der Waals surface area contributed by atoms with Gasteiger partial charge in [0, 0.05) is 29.3 Å². The summed E-state index contributed by atoms with van der Waals surface area (Å²) in [6.45, 7) is 4.51. The van der Waals surface area contributed by atoms with E-state index >= 15 is 0 Å². The van der Waals surface area contributed by atoms with Gasteiger partial charge in [-0.3, -0.25) is 0 Å². The highest BCUT2D eigenvalue weighted by molar-refractivity contribution is 9.10. The molecule has 1 fully saturated rings. The van der Waals surface area contributed by atoms with Crippen molar-refractivity contribution in [1.29, 1.82) is 0 Å². The highest BCUT2D eigenvalue weighted by atomic mass is 79.9. The van der Waals surface area contributed by atoms with Crippen molar-refractivity contribution >= 4 is 21.6 Å². The Labute approximate surface area is 129 Å². The molecule has 0 spiro atoms. The van der Waals surface area contributed by atoms with E-state index in [0.717, 1.165) is 36.0 Å². The van der Waals surface area contributed by atoms with E-state index in [-0.39, 0.29) is 18.8 Å². The van der Waals surface area contributed by atoms with E-state index < -0.39 is 0 Å². The molecule has 2 rings (SSSR count). The Hall–Kier alpha value is -0.620. The maximum Gasteiger partial charge on any atom is 0.0701 e. The number of nitrogens with zero attached hydrogens (tertiary/aromatic N) is 1. The number of anilines is 1. The largest absolute Gasteiger partial charge is 0.394 e. The molecule has 1 saturated heterocycles. The van der Waals surface area contributed by atoms with Gasteiger partial charge in [0.15, 0.2) is 0 Å². The van der Waals surface area contributed by atoms with Crippen molar-refractivity contribution in [1.82, 2.24) is 0 Å². The van der Waals surface area contributed by atoms with E-state index in [9.17, 15) is 0 Å². The number of rotatable bonds is 5. The minimum atomic E-state index is 0.0380. The normalized spacial score (nSPS) is 18.3. The van der Waals surface area contributed by atoms with Crippen molar-refractivity contribution in [3.63, 3.8) is 0 Å². The third-order valence-corrected chi connectivity index (χ3v) is 4.41. The number of ether oxygens (including phenoxy) is 1. The van der Waals surface area contributed by atoms with Gasteiger partial charge in [0.05, 0.1) is 19.3 Å². The molecular weight excluding hydrogens is 320 g/mol. The van der Waals surface area contributed by atoms with Gasteiger partial charge >= 0.3 is 0 Å². The molecule has 1 heterocycles. The van der Waals surface area contributed by atoms with Crippen LogP contribution in [0.4, 0.5) is 5.69 Å². The van der Waals surface area contributed by atoms with E-state index in [4.69, 9.17) is 15.6 Å². The van der Waals surface area contributed by atoms with Gasteiger partial charge in [0.2, 0.25) is 0 Å². The van der Waals surface area contributed by atoms with Crippen molar-refractivity contribution < 1.29 is 9.84 Å². The Bertz CT molecular complexity index is 432. The van der Waals surface area contributed by atoms with Gasteiger partial charge in [-0.05, 0) is 37.5 Å². The van der Waals surface area contributed by atoms with E-state index in [1.807, 2.05) is 6.92 Å². The molecule has 3 N–H and O–H groups in total. The van der Waals surface area contributed by atoms with Gasteiger partial charge in [-0.15, -0.1) is 0 Å². The summed E-state index contributed by atoms with van der Waals surface area (Å²) in [4.78, 5) is 2.37. The summed E-state index contributed by atoms with van der Waals surface area (Å²) >= 11 is 3.60. The van der Waals surface area contributed by atoms with Crippen LogP contribution in [0.3, 0.4) is 0 Å². The van der Waals surface area contributed by atoms with Crippen LogP contribution in [-0.4, -0.2) is 37.5 Å². The highest BCUT2D eigenvalue weighted by Crippen LogP contribution is 2.29. The van der Waals surface area contributed by atoms with Gasteiger partial charge < -0.3 is 20.5 Å². The number of hydrogen-bond donors (Lipinski definition) is 2.